The number of halogens is 1. The molecule has 2 rings (SSSR count). The highest BCUT2D eigenvalue weighted by Crippen LogP contribution is 2.08. The van der Waals surface area contributed by atoms with Gasteiger partial charge in [0.25, 0.3) is 0 Å². The van der Waals surface area contributed by atoms with E-state index in [9.17, 15) is 0 Å². The monoisotopic (exact) mass is 443 g/mol. The standard InChI is InChI=1S/C17H25N5O.HI/c1-4-18-17(19-12-15-13-20-22(3)14-15)21(2)10-11-23-16-8-6-5-7-9-16;/h5-9,13-14H,4,10-12H2,1-3H3,(H,18,19);1H. The molecule has 0 spiro atoms. The van der Waals surface area contributed by atoms with Gasteiger partial charge >= 0.3 is 0 Å². The van der Waals surface area contributed by atoms with Gasteiger partial charge in [0.1, 0.15) is 12.4 Å². The Kier molecular flexibility index (Phi) is 9.21. The number of likely N-dealkylation sites (N-methyl/N-ethyl adjacent to an activating group) is 1. The van der Waals surface area contributed by atoms with Crippen molar-refractivity contribution in [2.24, 2.45) is 12.0 Å². The van der Waals surface area contributed by atoms with Crippen LogP contribution in [0.1, 0.15) is 12.5 Å². The van der Waals surface area contributed by atoms with E-state index in [-0.39, 0.29) is 24.0 Å². The molecule has 0 atom stereocenters. The minimum absolute atomic E-state index is 0. The van der Waals surface area contributed by atoms with Crippen molar-refractivity contribution in [2.45, 2.75) is 13.5 Å². The number of ether oxygens (including phenoxy) is 1. The molecular formula is C17H26IN5O. The molecule has 0 fully saturated rings. The normalized spacial score (nSPS) is 10.9. The van der Waals surface area contributed by atoms with Crippen LogP contribution in [-0.2, 0) is 13.6 Å². The minimum Gasteiger partial charge on any atom is -0.492 e. The van der Waals surface area contributed by atoms with Gasteiger partial charge in [-0.2, -0.15) is 5.10 Å². The summed E-state index contributed by atoms with van der Waals surface area (Å²) >= 11 is 0. The summed E-state index contributed by atoms with van der Waals surface area (Å²) in [4.78, 5) is 6.72. The SMILES string of the molecule is CCNC(=NCc1cnn(C)c1)N(C)CCOc1ccccc1.I. The number of aromatic nitrogens is 2. The first-order chi connectivity index (χ1) is 11.2. The molecule has 0 unspecified atom stereocenters. The molecule has 24 heavy (non-hydrogen) atoms. The first kappa shape index (κ1) is 20.3. The van der Waals surface area contributed by atoms with E-state index >= 15 is 0 Å². The van der Waals surface area contributed by atoms with Crippen molar-refractivity contribution in [3.05, 3.63) is 48.3 Å². The Morgan fingerprint density at radius 1 is 1.33 bits per heavy atom. The lowest BCUT2D eigenvalue weighted by molar-refractivity contribution is 0.281. The number of hydrogen-bond donors (Lipinski definition) is 1. The first-order valence-electron chi connectivity index (χ1n) is 7.84. The van der Waals surface area contributed by atoms with E-state index in [0.29, 0.717) is 13.2 Å². The van der Waals surface area contributed by atoms with Crippen molar-refractivity contribution in [1.29, 1.82) is 0 Å². The maximum atomic E-state index is 5.73. The van der Waals surface area contributed by atoms with Gasteiger partial charge in [-0.3, -0.25) is 4.68 Å². The van der Waals surface area contributed by atoms with Gasteiger partial charge in [0.15, 0.2) is 5.96 Å². The fraction of sp³-hybridized carbons (Fsp3) is 0.412. The number of guanidine groups is 1. The maximum Gasteiger partial charge on any atom is 0.194 e. The number of hydrogen-bond acceptors (Lipinski definition) is 3. The Bertz CT molecular complexity index is 614. The molecule has 132 valence electrons. The average molecular weight is 443 g/mol. The fourth-order valence-corrected chi connectivity index (χ4v) is 2.11. The van der Waals surface area contributed by atoms with E-state index in [4.69, 9.17) is 4.74 Å². The van der Waals surface area contributed by atoms with E-state index in [2.05, 4.69) is 27.2 Å². The van der Waals surface area contributed by atoms with Crippen LogP contribution < -0.4 is 10.1 Å². The van der Waals surface area contributed by atoms with Crippen LogP contribution in [0, 0.1) is 0 Å². The number of aryl methyl sites for hydroxylation is 1. The first-order valence-corrected chi connectivity index (χ1v) is 7.84. The Hall–Kier alpha value is -1.77. The summed E-state index contributed by atoms with van der Waals surface area (Å²) in [6.07, 6.45) is 3.82. The Labute approximate surface area is 160 Å². The van der Waals surface area contributed by atoms with Gasteiger partial charge in [-0.25, -0.2) is 4.99 Å². The number of nitrogens with zero attached hydrogens (tertiary/aromatic N) is 4. The van der Waals surface area contributed by atoms with Crippen molar-refractivity contribution >= 4 is 29.9 Å². The third-order valence-electron chi connectivity index (χ3n) is 3.30. The number of rotatable bonds is 7. The fourth-order valence-electron chi connectivity index (χ4n) is 2.11. The molecule has 0 aliphatic rings. The Morgan fingerprint density at radius 2 is 2.08 bits per heavy atom. The van der Waals surface area contributed by atoms with Crippen LogP contribution in [0.15, 0.2) is 47.7 Å². The van der Waals surface area contributed by atoms with Gasteiger partial charge in [0, 0.05) is 32.4 Å². The molecular weight excluding hydrogens is 417 g/mol. The Morgan fingerprint density at radius 3 is 2.71 bits per heavy atom. The van der Waals surface area contributed by atoms with Gasteiger partial charge in [0.05, 0.1) is 19.3 Å². The summed E-state index contributed by atoms with van der Waals surface area (Å²) in [5.41, 5.74) is 1.09. The summed E-state index contributed by atoms with van der Waals surface area (Å²) in [5, 5.41) is 7.46. The third kappa shape index (κ3) is 6.77. The van der Waals surface area contributed by atoms with E-state index in [1.165, 1.54) is 0 Å². The number of para-hydroxylation sites is 1. The lowest BCUT2D eigenvalue weighted by atomic mass is 10.3. The smallest absolute Gasteiger partial charge is 0.194 e. The predicted octanol–water partition coefficient (Wildman–Crippen LogP) is 2.51. The van der Waals surface area contributed by atoms with Crippen LogP contribution in [0.25, 0.3) is 0 Å². The van der Waals surface area contributed by atoms with Crippen LogP contribution in [0.2, 0.25) is 0 Å². The van der Waals surface area contributed by atoms with E-state index in [1.807, 2.05) is 56.8 Å². The van der Waals surface area contributed by atoms with Crippen molar-refractivity contribution in [1.82, 2.24) is 20.0 Å². The summed E-state index contributed by atoms with van der Waals surface area (Å²) in [6.45, 7) is 4.87. The highest BCUT2D eigenvalue weighted by Gasteiger charge is 2.06. The highest BCUT2D eigenvalue weighted by atomic mass is 127. The topological polar surface area (TPSA) is 54.7 Å². The lowest BCUT2D eigenvalue weighted by Gasteiger charge is -2.22. The summed E-state index contributed by atoms with van der Waals surface area (Å²) in [7, 11) is 3.92. The van der Waals surface area contributed by atoms with Gasteiger partial charge < -0.3 is 15.0 Å². The van der Waals surface area contributed by atoms with Crippen LogP contribution in [-0.4, -0.2) is 47.4 Å². The third-order valence-corrected chi connectivity index (χ3v) is 3.30. The number of nitrogens with one attached hydrogen (secondary N) is 1. The molecule has 2 aromatic rings. The molecule has 0 bridgehead atoms. The second kappa shape index (κ2) is 10.9. The molecule has 1 N–H and O–H groups in total. The zero-order chi connectivity index (χ0) is 16.5. The van der Waals surface area contributed by atoms with Crippen molar-refractivity contribution in [3.8, 4) is 5.75 Å². The Balaban J connectivity index is 0.00000288. The molecule has 0 amide bonds. The molecule has 0 aliphatic carbocycles. The van der Waals surface area contributed by atoms with Crippen LogP contribution in [0.5, 0.6) is 5.75 Å². The average Bonchev–Trinajstić information content (AvgIpc) is 2.98. The zero-order valence-electron chi connectivity index (χ0n) is 14.5. The van der Waals surface area contributed by atoms with E-state index in [0.717, 1.165) is 30.4 Å². The molecule has 1 heterocycles. The molecule has 0 saturated carbocycles. The van der Waals surface area contributed by atoms with Crippen molar-refractivity contribution in [2.75, 3.05) is 26.7 Å². The maximum absolute atomic E-state index is 5.73. The van der Waals surface area contributed by atoms with Gasteiger partial charge in [-0.1, -0.05) is 18.2 Å². The van der Waals surface area contributed by atoms with Crippen LogP contribution in [0.4, 0.5) is 0 Å². The molecule has 0 saturated heterocycles. The predicted molar refractivity (Wildman–Crippen MR) is 108 cm³/mol. The van der Waals surface area contributed by atoms with E-state index in [1.54, 1.807) is 4.68 Å². The summed E-state index contributed by atoms with van der Waals surface area (Å²) in [5.74, 6) is 1.76. The summed E-state index contributed by atoms with van der Waals surface area (Å²) in [6, 6.07) is 9.84. The van der Waals surface area contributed by atoms with E-state index < -0.39 is 0 Å². The number of benzene rings is 1. The second-order valence-corrected chi connectivity index (χ2v) is 5.28. The molecule has 0 aliphatic heterocycles. The van der Waals surface area contributed by atoms with Gasteiger partial charge in [-0.15, -0.1) is 24.0 Å². The van der Waals surface area contributed by atoms with Crippen molar-refractivity contribution < 1.29 is 4.74 Å². The number of aliphatic imine (C=N–C) groups is 1. The van der Waals surface area contributed by atoms with Crippen LogP contribution >= 0.6 is 24.0 Å². The molecule has 1 aromatic carbocycles. The van der Waals surface area contributed by atoms with Gasteiger partial charge in [-0.05, 0) is 19.1 Å². The molecule has 1 aromatic heterocycles. The van der Waals surface area contributed by atoms with Crippen LogP contribution in [0.3, 0.4) is 0 Å². The van der Waals surface area contributed by atoms with Crippen molar-refractivity contribution in [3.63, 3.8) is 0 Å². The molecule has 6 nitrogen and oxygen atoms in total. The highest BCUT2D eigenvalue weighted by molar-refractivity contribution is 14.0. The summed E-state index contributed by atoms with van der Waals surface area (Å²) < 4.78 is 7.52. The largest absolute Gasteiger partial charge is 0.492 e. The lowest BCUT2D eigenvalue weighted by Crippen LogP contribution is -2.40. The minimum atomic E-state index is 0. The second-order valence-electron chi connectivity index (χ2n) is 5.28. The zero-order valence-corrected chi connectivity index (χ0v) is 16.8. The molecule has 7 heteroatoms. The quantitative estimate of drug-likeness (QED) is 0.406. The molecule has 0 radical (unpaired) electrons. The van der Waals surface area contributed by atoms with Gasteiger partial charge in [0.2, 0.25) is 0 Å².